The zero-order valence-electron chi connectivity index (χ0n) is 8.90. The lowest BCUT2D eigenvalue weighted by molar-refractivity contribution is 0.303. The number of pyridine rings is 1. The van der Waals surface area contributed by atoms with Gasteiger partial charge in [0.1, 0.15) is 18.2 Å². The summed E-state index contributed by atoms with van der Waals surface area (Å²) in [6, 6.07) is 10.8. The first-order chi connectivity index (χ1) is 7.74. The largest absolute Gasteiger partial charge is 0.488 e. The van der Waals surface area contributed by atoms with E-state index in [0.717, 1.165) is 11.3 Å². The van der Waals surface area contributed by atoms with Gasteiger partial charge in [0.25, 0.3) is 0 Å². The van der Waals surface area contributed by atoms with Gasteiger partial charge in [-0.25, -0.2) is 4.39 Å². The second-order valence-electron chi connectivity index (χ2n) is 3.47. The van der Waals surface area contributed by atoms with Crippen LogP contribution in [0.1, 0.15) is 11.3 Å². The number of halogens is 1. The molecule has 1 heterocycles. The molecule has 2 rings (SSSR count). The van der Waals surface area contributed by atoms with Crippen molar-refractivity contribution in [2.75, 3.05) is 0 Å². The molecular weight excluding hydrogens is 205 g/mol. The average molecular weight is 216 g/mol. The third-order valence-corrected chi connectivity index (χ3v) is 2.09. The number of ether oxygens (including phenoxy) is 1. The third kappa shape index (κ3) is 2.79. The van der Waals surface area contributed by atoms with E-state index >= 15 is 0 Å². The van der Waals surface area contributed by atoms with E-state index < -0.39 is 0 Å². The average Bonchev–Trinajstić information content (AvgIpc) is 2.27. The normalized spacial score (nSPS) is 10.1. The van der Waals surface area contributed by atoms with E-state index in [9.17, 15) is 4.39 Å². The molecule has 0 saturated carbocycles. The Kier molecular flexibility index (Phi) is 3.15. The highest BCUT2D eigenvalue weighted by molar-refractivity contribution is 5.22. The van der Waals surface area contributed by atoms with Gasteiger partial charge in [0.2, 0.25) is 0 Å². The molecule has 0 bridgehead atoms. The van der Waals surface area contributed by atoms with Gasteiger partial charge in [-0.15, -0.1) is 0 Å². The molecule has 0 aliphatic carbocycles. The molecule has 0 unspecified atom stereocenters. The van der Waals surface area contributed by atoms with Gasteiger partial charge in [-0.2, -0.15) is 0 Å². The number of hydrogen-bond acceptors (Lipinski definition) is 2. The molecular formula is C13H11FNO. The molecule has 0 aliphatic rings. The molecule has 1 radical (unpaired) electrons. The summed E-state index contributed by atoms with van der Waals surface area (Å²) in [4.78, 5) is 4.09. The van der Waals surface area contributed by atoms with Crippen molar-refractivity contribution in [3.8, 4) is 5.75 Å². The predicted molar refractivity (Wildman–Crippen MR) is 58.5 cm³/mol. The van der Waals surface area contributed by atoms with Crippen LogP contribution in [0.5, 0.6) is 5.75 Å². The van der Waals surface area contributed by atoms with E-state index in [4.69, 9.17) is 4.74 Å². The van der Waals surface area contributed by atoms with Crippen LogP contribution in [0.2, 0.25) is 0 Å². The van der Waals surface area contributed by atoms with Crippen LogP contribution in [0.25, 0.3) is 0 Å². The van der Waals surface area contributed by atoms with Crippen LogP contribution < -0.4 is 4.74 Å². The van der Waals surface area contributed by atoms with Crippen molar-refractivity contribution in [1.82, 2.24) is 4.98 Å². The molecule has 0 amide bonds. The Bertz CT molecular complexity index is 439. The molecule has 0 fully saturated rings. The van der Waals surface area contributed by atoms with Crippen molar-refractivity contribution >= 4 is 0 Å². The van der Waals surface area contributed by atoms with Crippen LogP contribution in [0.15, 0.2) is 36.5 Å². The van der Waals surface area contributed by atoms with Crippen LogP contribution in [0.3, 0.4) is 0 Å². The second-order valence-corrected chi connectivity index (χ2v) is 3.47. The first-order valence-corrected chi connectivity index (χ1v) is 4.95. The summed E-state index contributed by atoms with van der Waals surface area (Å²) in [7, 11) is 0. The molecule has 1 aromatic heterocycles. The van der Waals surface area contributed by atoms with Crippen molar-refractivity contribution in [1.29, 1.82) is 0 Å². The highest BCUT2D eigenvalue weighted by Crippen LogP contribution is 2.13. The monoisotopic (exact) mass is 216 g/mol. The Morgan fingerprint density at radius 1 is 1.38 bits per heavy atom. The zero-order valence-corrected chi connectivity index (χ0v) is 8.90. The fraction of sp³-hybridized carbons (Fsp3) is 0.154. The minimum atomic E-state index is -0.320. The van der Waals surface area contributed by atoms with Crippen LogP contribution in [0, 0.1) is 18.8 Å². The lowest BCUT2D eigenvalue weighted by Gasteiger charge is -2.06. The number of benzene rings is 1. The van der Waals surface area contributed by atoms with Gasteiger partial charge in [-0.05, 0) is 36.8 Å². The molecule has 0 aliphatic heterocycles. The SMILES string of the molecule is Cc1cc(COc2[c]ccc(F)c2)ccn1. The maximum atomic E-state index is 12.8. The van der Waals surface area contributed by atoms with Gasteiger partial charge in [-0.3, -0.25) is 4.98 Å². The lowest BCUT2D eigenvalue weighted by atomic mass is 10.2. The number of hydrogen-bond donors (Lipinski definition) is 0. The molecule has 2 nitrogen and oxygen atoms in total. The van der Waals surface area contributed by atoms with E-state index in [-0.39, 0.29) is 5.82 Å². The summed E-state index contributed by atoms with van der Waals surface area (Å²) in [6.45, 7) is 2.31. The van der Waals surface area contributed by atoms with Crippen molar-refractivity contribution in [3.05, 3.63) is 59.7 Å². The molecule has 81 valence electrons. The first kappa shape index (κ1) is 10.6. The van der Waals surface area contributed by atoms with E-state index in [1.165, 1.54) is 18.2 Å². The highest BCUT2D eigenvalue weighted by Gasteiger charge is 1.98. The Morgan fingerprint density at radius 2 is 2.25 bits per heavy atom. The smallest absolute Gasteiger partial charge is 0.130 e. The third-order valence-electron chi connectivity index (χ3n) is 2.09. The summed E-state index contributed by atoms with van der Waals surface area (Å²) in [5.74, 6) is 0.0918. The standard InChI is InChI=1S/C13H11FNO/c1-10-7-11(5-6-15-10)9-16-13-4-2-3-12(14)8-13/h2-3,5-8H,9H2,1H3. The Balaban J connectivity index is 2.02. The van der Waals surface area contributed by atoms with E-state index in [2.05, 4.69) is 11.1 Å². The molecule has 3 heteroatoms. The fourth-order valence-electron chi connectivity index (χ4n) is 1.36. The molecule has 16 heavy (non-hydrogen) atoms. The predicted octanol–water partition coefficient (Wildman–Crippen LogP) is 2.91. The van der Waals surface area contributed by atoms with E-state index in [1.807, 2.05) is 19.1 Å². The van der Waals surface area contributed by atoms with Gasteiger partial charge in [0.05, 0.1) is 0 Å². The molecule has 0 N–H and O–H groups in total. The highest BCUT2D eigenvalue weighted by atomic mass is 19.1. The van der Waals surface area contributed by atoms with Crippen LogP contribution >= 0.6 is 0 Å². The lowest BCUT2D eigenvalue weighted by Crippen LogP contribution is -1.96. The Morgan fingerprint density at radius 3 is 3.00 bits per heavy atom. The van der Waals surface area contributed by atoms with E-state index in [0.29, 0.717) is 12.4 Å². The minimum Gasteiger partial charge on any atom is -0.488 e. The van der Waals surface area contributed by atoms with Crippen molar-refractivity contribution in [3.63, 3.8) is 0 Å². The topological polar surface area (TPSA) is 22.1 Å². The van der Waals surface area contributed by atoms with Crippen LogP contribution in [-0.2, 0) is 6.61 Å². The summed E-state index contributed by atoms with van der Waals surface area (Å²) in [6.07, 6.45) is 1.73. The maximum absolute atomic E-state index is 12.8. The second kappa shape index (κ2) is 4.75. The van der Waals surface area contributed by atoms with Crippen LogP contribution in [0.4, 0.5) is 4.39 Å². The zero-order chi connectivity index (χ0) is 11.4. The Labute approximate surface area is 93.7 Å². The quantitative estimate of drug-likeness (QED) is 0.787. The summed E-state index contributed by atoms with van der Waals surface area (Å²) in [5.41, 5.74) is 1.94. The summed E-state index contributed by atoms with van der Waals surface area (Å²) in [5, 5.41) is 0. The molecule has 1 aromatic carbocycles. The van der Waals surface area contributed by atoms with Crippen molar-refractivity contribution in [2.45, 2.75) is 13.5 Å². The number of aryl methyl sites for hydroxylation is 1. The van der Waals surface area contributed by atoms with Crippen molar-refractivity contribution in [2.24, 2.45) is 0 Å². The van der Waals surface area contributed by atoms with Gasteiger partial charge < -0.3 is 4.74 Å². The van der Waals surface area contributed by atoms with Gasteiger partial charge in [0, 0.05) is 24.0 Å². The maximum Gasteiger partial charge on any atom is 0.130 e. The van der Waals surface area contributed by atoms with Crippen LogP contribution in [-0.4, -0.2) is 4.98 Å². The Hall–Kier alpha value is -1.90. The minimum absolute atomic E-state index is 0.320. The summed E-state index contributed by atoms with van der Waals surface area (Å²) >= 11 is 0. The number of nitrogens with zero attached hydrogens (tertiary/aromatic N) is 1. The number of aromatic nitrogens is 1. The number of rotatable bonds is 3. The van der Waals surface area contributed by atoms with Gasteiger partial charge in [-0.1, -0.05) is 0 Å². The molecule has 0 spiro atoms. The molecule has 0 atom stereocenters. The molecule has 2 aromatic rings. The van der Waals surface area contributed by atoms with Gasteiger partial charge in [0.15, 0.2) is 0 Å². The van der Waals surface area contributed by atoms with Crippen molar-refractivity contribution < 1.29 is 9.13 Å². The summed E-state index contributed by atoms with van der Waals surface area (Å²) < 4.78 is 18.3. The van der Waals surface area contributed by atoms with Gasteiger partial charge >= 0.3 is 0 Å². The van der Waals surface area contributed by atoms with E-state index in [1.54, 1.807) is 6.20 Å². The first-order valence-electron chi connectivity index (χ1n) is 4.95. The molecule has 0 saturated heterocycles. The fourth-order valence-corrected chi connectivity index (χ4v) is 1.36.